The van der Waals surface area contributed by atoms with Gasteiger partial charge in [-0.3, -0.25) is 14.9 Å². The number of hydrogen-bond acceptors (Lipinski definition) is 4. The summed E-state index contributed by atoms with van der Waals surface area (Å²) in [4.78, 5) is 25.2. The molecule has 0 spiro atoms. The number of rotatable bonds is 11. The van der Waals surface area contributed by atoms with Gasteiger partial charge < -0.3 is 15.4 Å². The number of amides is 2. The predicted molar refractivity (Wildman–Crippen MR) is 156 cm³/mol. The van der Waals surface area contributed by atoms with E-state index >= 15 is 0 Å². The molecule has 0 fully saturated rings. The lowest BCUT2D eigenvalue weighted by molar-refractivity contribution is 0.0938. The fourth-order valence-electron chi connectivity index (χ4n) is 3.62. The minimum atomic E-state index is -0.335. The summed E-state index contributed by atoms with van der Waals surface area (Å²) in [5.74, 6) is 0.201. The Kier molecular flexibility index (Phi) is 11.1. The van der Waals surface area contributed by atoms with Crippen LogP contribution in [0.2, 0.25) is 0 Å². The standard InChI is InChI=1S/C29H32BrN3O3S/c1-3-4-5-9-18-36-26-17-14-23(19-25(26)30)28(35)33-29(37)32-24-15-12-22(13-16-24)27(34)31-20(2)21-10-7-6-8-11-21/h6-8,10-17,19-20H,3-5,9,18H2,1-2H3,(H,31,34)(H2,32,33,35,37). The second-order valence-corrected chi connectivity index (χ2v) is 9.91. The van der Waals surface area contributed by atoms with Crippen LogP contribution in [-0.2, 0) is 0 Å². The minimum Gasteiger partial charge on any atom is -0.492 e. The summed E-state index contributed by atoms with van der Waals surface area (Å²) >= 11 is 8.78. The Morgan fingerprint density at radius 2 is 1.62 bits per heavy atom. The van der Waals surface area contributed by atoms with Crippen molar-refractivity contribution in [3.63, 3.8) is 0 Å². The molecular formula is C29H32BrN3O3S. The lowest BCUT2D eigenvalue weighted by Gasteiger charge is -2.15. The first-order valence-electron chi connectivity index (χ1n) is 12.4. The van der Waals surface area contributed by atoms with Gasteiger partial charge in [0, 0.05) is 16.8 Å². The van der Waals surface area contributed by atoms with E-state index in [1.165, 1.54) is 12.8 Å². The van der Waals surface area contributed by atoms with Crippen LogP contribution in [0.1, 0.15) is 71.9 Å². The van der Waals surface area contributed by atoms with Gasteiger partial charge in [0.05, 0.1) is 17.1 Å². The summed E-state index contributed by atoms with van der Waals surface area (Å²) in [6.45, 7) is 4.76. The van der Waals surface area contributed by atoms with Crippen molar-refractivity contribution in [2.45, 2.75) is 45.6 Å². The average Bonchev–Trinajstić information content (AvgIpc) is 2.90. The van der Waals surface area contributed by atoms with E-state index in [9.17, 15) is 9.59 Å². The highest BCUT2D eigenvalue weighted by Gasteiger charge is 2.13. The molecule has 3 rings (SSSR count). The number of carbonyl (C=O) groups excluding carboxylic acids is 2. The van der Waals surface area contributed by atoms with Crippen LogP contribution in [0, 0.1) is 0 Å². The second kappa shape index (κ2) is 14.5. The maximum atomic E-state index is 12.7. The Bertz CT molecular complexity index is 1200. The van der Waals surface area contributed by atoms with E-state index in [1.54, 1.807) is 42.5 Å². The van der Waals surface area contributed by atoms with Gasteiger partial charge >= 0.3 is 0 Å². The molecular weight excluding hydrogens is 550 g/mol. The zero-order valence-electron chi connectivity index (χ0n) is 21.1. The van der Waals surface area contributed by atoms with Gasteiger partial charge in [0.15, 0.2) is 5.11 Å². The fraction of sp³-hybridized carbons (Fsp3) is 0.276. The van der Waals surface area contributed by atoms with Crippen molar-refractivity contribution >= 4 is 50.8 Å². The number of unbranched alkanes of at least 4 members (excludes halogenated alkanes) is 3. The third-order valence-electron chi connectivity index (χ3n) is 5.73. The molecule has 0 saturated heterocycles. The molecule has 1 atom stereocenters. The van der Waals surface area contributed by atoms with Crippen molar-refractivity contribution in [3.8, 4) is 5.75 Å². The Hall–Kier alpha value is -3.23. The minimum absolute atomic E-state index is 0.110. The Morgan fingerprint density at radius 1 is 0.919 bits per heavy atom. The van der Waals surface area contributed by atoms with Crippen LogP contribution in [0.25, 0.3) is 0 Å². The van der Waals surface area contributed by atoms with Crippen molar-refractivity contribution in [1.82, 2.24) is 10.6 Å². The van der Waals surface area contributed by atoms with Crippen LogP contribution in [-0.4, -0.2) is 23.5 Å². The predicted octanol–water partition coefficient (Wildman–Crippen LogP) is 7.03. The molecule has 0 aliphatic rings. The topological polar surface area (TPSA) is 79.5 Å². The molecule has 3 aromatic carbocycles. The smallest absolute Gasteiger partial charge is 0.257 e. The van der Waals surface area contributed by atoms with Gasteiger partial charge in [0.25, 0.3) is 11.8 Å². The molecule has 37 heavy (non-hydrogen) atoms. The normalized spacial score (nSPS) is 11.3. The van der Waals surface area contributed by atoms with E-state index in [1.807, 2.05) is 37.3 Å². The van der Waals surface area contributed by atoms with E-state index < -0.39 is 0 Å². The van der Waals surface area contributed by atoms with Crippen LogP contribution in [0.3, 0.4) is 0 Å². The number of thiocarbonyl (C=S) groups is 1. The highest BCUT2D eigenvalue weighted by atomic mass is 79.9. The van der Waals surface area contributed by atoms with E-state index in [0.717, 1.165) is 18.4 Å². The molecule has 0 radical (unpaired) electrons. The van der Waals surface area contributed by atoms with E-state index in [2.05, 4.69) is 38.8 Å². The zero-order chi connectivity index (χ0) is 26.6. The van der Waals surface area contributed by atoms with E-state index in [-0.39, 0.29) is 23.0 Å². The summed E-state index contributed by atoms with van der Waals surface area (Å²) in [7, 11) is 0. The lowest BCUT2D eigenvalue weighted by atomic mass is 10.1. The van der Waals surface area contributed by atoms with Crippen LogP contribution in [0.5, 0.6) is 5.75 Å². The van der Waals surface area contributed by atoms with Gasteiger partial charge in [-0.1, -0.05) is 56.5 Å². The Labute approximate surface area is 232 Å². The van der Waals surface area contributed by atoms with Gasteiger partial charge in [-0.05, 0) is 89.5 Å². The molecule has 3 aromatic rings. The first-order chi connectivity index (χ1) is 17.9. The number of ether oxygens (including phenoxy) is 1. The van der Waals surface area contributed by atoms with E-state index in [4.69, 9.17) is 17.0 Å². The van der Waals surface area contributed by atoms with Crippen LogP contribution in [0.15, 0.2) is 77.3 Å². The Balaban J connectivity index is 1.49. The summed E-state index contributed by atoms with van der Waals surface area (Å²) < 4.78 is 6.52. The third-order valence-corrected chi connectivity index (χ3v) is 6.55. The zero-order valence-corrected chi connectivity index (χ0v) is 23.5. The fourth-order valence-corrected chi connectivity index (χ4v) is 4.32. The SMILES string of the molecule is CCCCCCOc1ccc(C(=O)NC(=S)Nc2ccc(C(=O)NC(C)c3ccccc3)cc2)cc1Br. The van der Waals surface area contributed by atoms with Crippen LogP contribution in [0.4, 0.5) is 5.69 Å². The molecule has 0 saturated carbocycles. The third kappa shape index (κ3) is 8.98. The summed E-state index contributed by atoms with van der Waals surface area (Å²) in [5.41, 5.74) is 2.67. The highest BCUT2D eigenvalue weighted by Crippen LogP contribution is 2.26. The molecule has 1 unspecified atom stereocenters. The summed E-state index contributed by atoms with van der Waals surface area (Å²) in [5, 5.41) is 8.81. The van der Waals surface area contributed by atoms with Gasteiger partial charge in [0.1, 0.15) is 5.75 Å². The summed E-state index contributed by atoms with van der Waals surface area (Å²) in [6.07, 6.45) is 4.52. The van der Waals surface area contributed by atoms with Crippen molar-refractivity contribution in [2.75, 3.05) is 11.9 Å². The molecule has 0 heterocycles. The number of nitrogens with one attached hydrogen (secondary N) is 3. The second-order valence-electron chi connectivity index (χ2n) is 8.65. The van der Waals surface area contributed by atoms with Crippen LogP contribution >= 0.6 is 28.1 Å². The average molecular weight is 583 g/mol. The molecule has 3 N–H and O–H groups in total. The number of carbonyl (C=O) groups is 2. The molecule has 8 heteroatoms. The highest BCUT2D eigenvalue weighted by molar-refractivity contribution is 9.10. The quantitative estimate of drug-likeness (QED) is 0.167. The van der Waals surface area contributed by atoms with E-state index in [0.29, 0.717) is 33.6 Å². The van der Waals surface area contributed by atoms with Gasteiger partial charge in [-0.2, -0.15) is 0 Å². The monoisotopic (exact) mass is 581 g/mol. The summed E-state index contributed by atoms with van der Waals surface area (Å²) in [6, 6.07) is 21.8. The first kappa shape index (κ1) is 28.3. The Morgan fingerprint density at radius 3 is 2.30 bits per heavy atom. The van der Waals surface area contributed by atoms with Crippen molar-refractivity contribution in [2.24, 2.45) is 0 Å². The van der Waals surface area contributed by atoms with Crippen molar-refractivity contribution < 1.29 is 14.3 Å². The molecule has 0 aliphatic heterocycles. The van der Waals surface area contributed by atoms with Crippen molar-refractivity contribution in [1.29, 1.82) is 0 Å². The molecule has 6 nitrogen and oxygen atoms in total. The van der Waals surface area contributed by atoms with Gasteiger partial charge in [-0.25, -0.2) is 0 Å². The number of benzene rings is 3. The molecule has 194 valence electrons. The van der Waals surface area contributed by atoms with Crippen molar-refractivity contribution in [3.05, 3.63) is 94.0 Å². The largest absolute Gasteiger partial charge is 0.492 e. The molecule has 2 amide bonds. The lowest BCUT2D eigenvalue weighted by Crippen LogP contribution is -2.34. The molecule has 0 aliphatic carbocycles. The molecule has 0 bridgehead atoms. The maximum Gasteiger partial charge on any atom is 0.257 e. The van der Waals surface area contributed by atoms with Crippen LogP contribution < -0.4 is 20.7 Å². The first-order valence-corrected chi connectivity index (χ1v) is 13.6. The number of hydrogen-bond donors (Lipinski definition) is 3. The van der Waals surface area contributed by atoms with Gasteiger partial charge in [0.2, 0.25) is 0 Å². The molecule has 0 aromatic heterocycles. The maximum absolute atomic E-state index is 12.7. The van der Waals surface area contributed by atoms with Gasteiger partial charge in [-0.15, -0.1) is 0 Å². The number of anilines is 1. The number of halogens is 1.